The number of carbonyl (C=O) groups excluding carboxylic acids is 2. The van der Waals surface area contributed by atoms with Crippen LogP contribution in [-0.2, 0) is 14.4 Å². The summed E-state index contributed by atoms with van der Waals surface area (Å²) in [6.07, 6.45) is -0.591. The maximum atomic E-state index is 12.6. The molecule has 0 saturated heterocycles. The topological polar surface area (TPSA) is 95.5 Å². The van der Waals surface area contributed by atoms with E-state index in [0.29, 0.717) is 28.5 Å². The summed E-state index contributed by atoms with van der Waals surface area (Å²) in [6.45, 7) is 0. The SMILES string of the molecule is COC(=O)c1ccccc1NC(=O)C1CC(c2cc(OC)ccc2OC)=NO1. The zero-order valence-corrected chi connectivity index (χ0v) is 15.7. The summed E-state index contributed by atoms with van der Waals surface area (Å²) < 4.78 is 15.3. The van der Waals surface area contributed by atoms with E-state index < -0.39 is 18.0 Å². The lowest BCUT2D eigenvalue weighted by Gasteiger charge is -2.12. The average molecular weight is 384 g/mol. The second-order valence-electron chi connectivity index (χ2n) is 5.93. The summed E-state index contributed by atoms with van der Waals surface area (Å²) in [5.74, 6) is 0.275. The van der Waals surface area contributed by atoms with Crippen molar-refractivity contribution in [2.75, 3.05) is 26.6 Å². The maximum absolute atomic E-state index is 12.6. The molecule has 1 N–H and O–H groups in total. The second kappa shape index (κ2) is 8.43. The second-order valence-corrected chi connectivity index (χ2v) is 5.93. The van der Waals surface area contributed by atoms with E-state index in [9.17, 15) is 9.59 Å². The lowest BCUT2D eigenvalue weighted by atomic mass is 10.0. The Morgan fingerprint density at radius 2 is 1.89 bits per heavy atom. The van der Waals surface area contributed by atoms with Gasteiger partial charge in [0.25, 0.3) is 5.91 Å². The van der Waals surface area contributed by atoms with Crippen molar-refractivity contribution in [1.29, 1.82) is 0 Å². The van der Waals surface area contributed by atoms with Gasteiger partial charge in [-0.15, -0.1) is 0 Å². The van der Waals surface area contributed by atoms with E-state index in [4.69, 9.17) is 19.0 Å². The number of amides is 1. The van der Waals surface area contributed by atoms with Gasteiger partial charge in [-0.2, -0.15) is 0 Å². The number of methoxy groups -OCH3 is 3. The van der Waals surface area contributed by atoms with Gasteiger partial charge in [-0.25, -0.2) is 4.79 Å². The summed E-state index contributed by atoms with van der Waals surface area (Å²) >= 11 is 0. The fourth-order valence-electron chi connectivity index (χ4n) is 2.81. The molecule has 0 fully saturated rings. The van der Waals surface area contributed by atoms with Crippen LogP contribution in [0.3, 0.4) is 0 Å². The predicted molar refractivity (Wildman–Crippen MR) is 102 cm³/mol. The summed E-state index contributed by atoms with van der Waals surface area (Å²) in [5, 5.41) is 6.73. The number of nitrogens with zero attached hydrogens (tertiary/aromatic N) is 1. The summed E-state index contributed by atoms with van der Waals surface area (Å²) in [4.78, 5) is 29.8. The van der Waals surface area contributed by atoms with Crippen LogP contribution < -0.4 is 14.8 Å². The highest BCUT2D eigenvalue weighted by molar-refractivity contribution is 6.09. The summed E-state index contributed by atoms with van der Waals surface area (Å²) in [6, 6.07) is 11.9. The van der Waals surface area contributed by atoms with Gasteiger partial charge in [-0.1, -0.05) is 17.3 Å². The van der Waals surface area contributed by atoms with E-state index >= 15 is 0 Å². The first-order chi connectivity index (χ1) is 13.6. The van der Waals surface area contributed by atoms with E-state index in [-0.39, 0.29) is 12.0 Å². The van der Waals surface area contributed by atoms with Gasteiger partial charge in [-0.05, 0) is 30.3 Å². The first-order valence-corrected chi connectivity index (χ1v) is 8.50. The summed E-state index contributed by atoms with van der Waals surface area (Å²) in [5.41, 5.74) is 1.85. The maximum Gasteiger partial charge on any atom is 0.339 e. The Kier molecular flexibility index (Phi) is 5.78. The van der Waals surface area contributed by atoms with Crippen LogP contribution in [0.2, 0.25) is 0 Å². The number of para-hydroxylation sites is 1. The lowest BCUT2D eigenvalue weighted by Crippen LogP contribution is -2.28. The Hall–Kier alpha value is -3.55. The molecule has 1 aliphatic rings. The normalized spacial score (nSPS) is 15.2. The molecular formula is C20H20N2O6. The Morgan fingerprint density at radius 1 is 1.11 bits per heavy atom. The number of oxime groups is 1. The van der Waals surface area contributed by atoms with Crippen molar-refractivity contribution >= 4 is 23.3 Å². The van der Waals surface area contributed by atoms with Gasteiger partial charge in [0.2, 0.25) is 6.10 Å². The quantitative estimate of drug-likeness (QED) is 0.770. The molecule has 0 saturated carbocycles. The Balaban J connectivity index is 1.74. The van der Waals surface area contributed by atoms with E-state index in [2.05, 4.69) is 10.5 Å². The van der Waals surface area contributed by atoms with E-state index in [1.807, 2.05) is 0 Å². The van der Waals surface area contributed by atoms with Gasteiger partial charge in [0.15, 0.2) is 0 Å². The van der Waals surface area contributed by atoms with Crippen molar-refractivity contribution in [1.82, 2.24) is 0 Å². The van der Waals surface area contributed by atoms with Crippen molar-refractivity contribution in [2.45, 2.75) is 12.5 Å². The molecule has 8 nitrogen and oxygen atoms in total. The Labute approximate surface area is 162 Å². The predicted octanol–water partition coefficient (Wildman–Crippen LogP) is 2.62. The molecule has 1 unspecified atom stereocenters. The highest BCUT2D eigenvalue weighted by atomic mass is 16.6. The molecule has 0 radical (unpaired) electrons. The molecule has 0 spiro atoms. The van der Waals surface area contributed by atoms with Crippen LogP contribution in [0, 0.1) is 0 Å². The van der Waals surface area contributed by atoms with Gasteiger partial charge in [0, 0.05) is 12.0 Å². The molecule has 3 rings (SSSR count). The van der Waals surface area contributed by atoms with Crippen LogP contribution in [-0.4, -0.2) is 45.0 Å². The standard InChI is InChI=1S/C20H20N2O6/c1-25-12-8-9-17(26-2)14(10-12)16-11-18(28-22-16)19(23)21-15-7-5-4-6-13(15)20(24)27-3/h4-10,18H,11H2,1-3H3,(H,21,23). The highest BCUT2D eigenvalue weighted by Gasteiger charge is 2.31. The molecule has 2 aromatic rings. The minimum atomic E-state index is -0.836. The number of benzene rings is 2. The number of nitrogens with one attached hydrogen (secondary N) is 1. The Morgan fingerprint density at radius 3 is 2.61 bits per heavy atom. The third kappa shape index (κ3) is 3.90. The largest absolute Gasteiger partial charge is 0.497 e. The average Bonchev–Trinajstić information content (AvgIpc) is 3.23. The van der Waals surface area contributed by atoms with Crippen LogP contribution in [0.1, 0.15) is 22.3 Å². The number of ether oxygens (including phenoxy) is 3. The fraction of sp³-hybridized carbons (Fsp3) is 0.250. The van der Waals surface area contributed by atoms with Crippen LogP contribution in [0.5, 0.6) is 11.5 Å². The van der Waals surface area contributed by atoms with Gasteiger partial charge in [-0.3, -0.25) is 4.79 Å². The molecule has 0 bridgehead atoms. The number of esters is 1. The number of carbonyl (C=O) groups is 2. The number of hydrogen-bond acceptors (Lipinski definition) is 7. The minimum Gasteiger partial charge on any atom is -0.497 e. The zero-order chi connectivity index (χ0) is 20.1. The molecule has 146 valence electrons. The van der Waals surface area contributed by atoms with Crippen LogP contribution in [0.15, 0.2) is 47.6 Å². The van der Waals surface area contributed by atoms with E-state index in [0.717, 1.165) is 0 Å². The van der Waals surface area contributed by atoms with Crippen LogP contribution >= 0.6 is 0 Å². The van der Waals surface area contributed by atoms with Crippen molar-refractivity contribution in [3.8, 4) is 11.5 Å². The lowest BCUT2D eigenvalue weighted by molar-refractivity contribution is -0.125. The molecule has 8 heteroatoms. The number of hydrogen-bond donors (Lipinski definition) is 1. The molecule has 1 heterocycles. The van der Waals surface area contributed by atoms with Gasteiger partial charge in [0.1, 0.15) is 11.5 Å². The smallest absolute Gasteiger partial charge is 0.339 e. The highest BCUT2D eigenvalue weighted by Crippen LogP contribution is 2.29. The van der Waals surface area contributed by atoms with Gasteiger partial charge in [0.05, 0.1) is 38.3 Å². The molecule has 1 amide bonds. The molecule has 0 aliphatic carbocycles. The van der Waals surface area contributed by atoms with Crippen LogP contribution in [0.25, 0.3) is 0 Å². The van der Waals surface area contributed by atoms with E-state index in [1.165, 1.54) is 7.11 Å². The monoisotopic (exact) mass is 384 g/mol. The molecule has 2 aromatic carbocycles. The third-order valence-electron chi connectivity index (χ3n) is 4.27. The first-order valence-electron chi connectivity index (χ1n) is 8.50. The fourth-order valence-corrected chi connectivity index (χ4v) is 2.81. The molecule has 1 atom stereocenters. The number of rotatable bonds is 6. The molecule has 1 aliphatic heterocycles. The Bertz CT molecular complexity index is 925. The van der Waals surface area contributed by atoms with E-state index in [1.54, 1.807) is 56.7 Å². The molecule has 0 aromatic heterocycles. The molecule has 28 heavy (non-hydrogen) atoms. The molecular weight excluding hydrogens is 364 g/mol. The first kappa shape index (κ1) is 19.2. The van der Waals surface area contributed by atoms with Crippen molar-refractivity contribution in [3.05, 3.63) is 53.6 Å². The van der Waals surface area contributed by atoms with Crippen molar-refractivity contribution in [2.24, 2.45) is 5.16 Å². The summed E-state index contributed by atoms with van der Waals surface area (Å²) in [7, 11) is 4.39. The zero-order valence-electron chi connectivity index (χ0n) is 15.7. The van der Waals surface area contributed by atoms with Crippen LogP contribution in [0.4, 0.5) is 5.69 Å². The third-order valence-corrected chi connectivity index (χ3v) is 4.27. The van der Waals surface area contributed by atoms with Crippen molar-refractivity contribution < 1.29 is 28.6 Å². The van der Waals surface area contributed by atoms with Gasteiger partial charge < -0.3 is 24.4 Å². The minimum absolute atomic E-state index is 0.246. The number of anilines is 1. The van der Waals surface area contributed by atoms with Gasteiger partial charge >= 0.3 is 5.97 Å². The van der Waals surface area contributed by atoms with Crippen molar-refractivity contribution in [3.63, 3.8) is 0 Å².